The molecule has 0 spiro atoms. The van der Waals surface area contributed by atoms with Crippen molar-refractivity contribution in [1.82, 2.24) is 14.9 Å². The van der Waals surface area contributed by atoms with E-state index < -0.39 is 0 Å². The minimum atomic E-state index is 0.0807. The number of aromatic amines is 1. The van der Waals surface area contributed by atoms with Gasteiger partial charge in [-0.3, -0.25) is 4.79 Å². The standard InChI is InChI=1S/C19H23N3O2/c1-12-20-17-6-4-14(10-18(17)21-12)19(23)22-8-7-13-9-16(24-2)5-3-15(13)11-22/h3,5,9,14H,4,6-8,10-11H2,1-2H3,(H,20,21)/t14-/m0/s1. The first kappa shape index (κ1) is 15.2. The summed E-state index contributed by atoms with van der Waals surface area (Å²) in [5, 5.41) is 0. The lowest BCUT2D eigenvalue weighted by Gasteiger charge is -2.33. The molecule has 126 valence electrons. The van der Waals surface area contributed by atoms with Crippen LogP contribution in [0.5, 0.6) is 5.75 Å². The highest BCUT2D eigenvalue weighted by Gasteiger charge is 2.31. The van der Waals surface area contributed by atoms with Crippen LogP contribution in [0.2, 0.25) is 0 Å². The van der Waals surface area contributed by atoms with Gasteiger partial charge in [-0.05, 0) is 49.4 Å². The molecule has 5 heteroatoms. The Hall–Kier alpha value is -2.30. The number of fused-ring (bicyclic) bond motifs is 2. The Kier molecular flexibility index (Phi) is 3.79. The third-order valence-electron chi connectivity index (χ3n) is 5.25. The molecule has 1 aliphatic heterocycles. The molecule has 0 radical (unpaired) electrons. The number of aromatic nitrogens is 2. The first-order valence-corrected chi connectivity index (χ1v) is 8.63. The maximum absolute atomic E-state index is 13.0. The van der Waals surface area contributed by atoms with E-state index in [0.29, 0.717) is 6.54 Å². The van der Waals surface area contributed by atoms with Gasteiger partial charge >= 0.3 is 0 Å². The Balaban J connectivity index is 1.48. The smallest absolute Gasteiger partial charge is 0.226 e. The summed E-state index contributed by atoms with van der Waals surface area (Å²) in [6, 6.07) is 6.16. The number of methoxy groups -OCH3 is 1. The number of benzene rings is 1. The van der Waals surface area contributed by atoms with Crippen LogP contribution in [0.15, 0.2) is 18.2 Å². The fraction of sp³-hybridized carbons (Fsp3) is 0.474. The number of carbonyl (C=O) groups is 1. The zero-order valence-corrected chi connectivity index (χ0v) is 14.3. The number of amides is 1. The summed E-state index contributed by atoms with van der Waals surface area (Å²) in [6.45, 7) is 3.48. The number of carbonyl (C=O) groups excluding carboxylic acids is 1. The molecule has 0 saturated carbocycles. The number of ether oxygens (including phenoxy) is 1. The normalized spacial score (nSPS) is 19.6. The van der Waals surface area contributed by atoms with Gasteiger partial charge in [-0.25, -0.2) is 4.98 Å². The van der Waals surface area contributed by atoms with Gasteiger partial charge < -0.3 is 14.6 Å². The van der Waals surface area contributed by atoms with Crippen molar-refractivity contribution < 1.29 is 9.53 Å². The molecule has 24 heavy (non-hydrogen) atoms. The fourth-order valence-corrected chi connectivity index (χ4v) is 3.94. The lowest BCUT2D eigenvalue weighted by atomic mass is 9.88. The maximum Gasteiger partial charge on any atom is 0.226 e. The van der Waals surface area contributed by atoms with Gasteiger partial charge in [0.05, 0.1) is 12.8 Å². The molecule has 1 amide bonds. The third-order valence-corrected chi connectivity index (χ3v) is 5.25. The SMILES string of the molecule is COc1ccc2c(c1)CCN(C(=O)[C@H]1CCc3nc(C)[nH]c3C1)C2. The zero-order chi connectivity index (χ0) is 16.7. The van der Waals surface area contributed by atoms with Crippen LogP contribution in [-0.2, 0) is 30.6 Å². The number of imidazole rings is 1. The quantitative estimate of drug-likeness (QED) is 0.922. The number of nitrogens with one attached hydrogen (secondary N) is 1. The van der Waals surface area contributed by atoms with Crippen molar-refractivity contribution in [3.05, 3.63) is 46.5 Å². The highest BCUT2D eigenvalue weighted by molar-refractivity contribution is 5.79. The van der Waals surface area contributed by atoms with E-state index in [1.165, 1.54) is 11.1 Å². The number of nitrogens with zero attached hydrogens (tertiary/aromatic N) is 2. The molecule has 1 N–H and O–H groups in total. The maximum atomic E-state index is 13.0. The number of hydrogen-bond acceptors (Lipinski definition) is 3. The lowest BCUT2D eigenvalue weighted by Crippen LogP contribution is -2.41. The van der Waals surface area contributed by atoms with E-state index in [2.05, 4.69) is 22.1 Å². The second-order valence-corrected chi connectivity index (χ2v) is 6.83. The van der Waals surface area contributed by atoms with Crippen LogP contribution in [0.1, 0.15) is 34.8 Å². The van der Waals surface area contributed by atoms with E-state index in [1.54, 1.807) is 7.11 Å². The predicted octanol–water partition coefficient (Wildman–Crippen LogP) is 2.42. The van der Waals surface area contributed by atoms with Crippen LogP contribution < -0.4 is 4.74 Å². The molecule has 1 aliphatic carbocycles. The van der Waals surface area contributed by atoms with Crippen molar-refractivity contribution in [2.45, 2.75) is 39.2 Å². The number of aryl methyl sites for hydroxylation is 2. The van der Waals surface area contributed by atoms with Crippen LogP contribution in [0, 0.1) is 12.8 Å². The highest BCUT2D eigenvalue weighted by Crippen LogP contribution is 2.29. The molecule has 1 aromatic heterocycles. The minimum absolute atomic E-state index is 0.0807. The summed E-state index contributed by atoms with van der Waals surface area (Å²) in [7, 11) is 1.69. The molecule has 0 bridgehead atoms. The van der Waals surface area contributed by atoms with Gasteiger partial charge in [0, 0.05) is 31.1 Å². The van der Waals surface area contributed by atoms with Crippen LogP contribution in [-0.4, -0.2) is 34.4 Å². The van der Waals surface area contributed by atoms with Crippen molar-refractivity contribution in [3.63, 3.8) is 0 Å². The first-order valence-electron chi connectivity index (χ1n) is 8.63. The van der Waals surface area contributed by atoms with Gasteiger partial charge in [0.25, 0.3) is 0 Å². The second kappa shape index (κ2) is 5.96. The number of hydrogen-bond donors (Lipinski definition) is 1. The van der Waals surface area contributed by atoms with Gasteiger partial charge in [0.1, 0.15) is 11.6 Å². The highest BCUT2D eigenvalue weighted by atomic mass is 16.5. The summed E-state index contributed by atoms with van der Waals surface area (Å²) in [5.74, 6) is 2.21. The average Bonchev–Trinajstić information content (AvgIpc) is 2.99. The third kappa shape index (κ3) is 2.68. The van der Waals surface area contributed by atoms with Crippen molar-refractivity contribution in [2.24, 2.45) is 5.92 Å². The topological polar surface area (TPSA) is 58.2 Å². The van der Waals surface area contributed by atoms with Crippen molar-refractivity contribution >= 4 is 5.91 Å². The van der Waals surface area contributed by atoms with Gasteiger partial charge in [0.2, 0.25) is 5.91 Å². The van der Waals surface area contributed by atoms with E-state index in [4.69, 9.17) is 4.74 Å². The van der Waals surface area contributed by atoms with Crippen LogP contribution in [0.3, 0.4) is 0 Å². The van der Waals surface area contributed by atoms with Gasteiger partial charge in [-0.1, -0.05) is 6.07 Å². The first-order chi connectivity index (χ1) is 11.6. The minimum Gasteiger partial charge on any atom is -0.497 e. The monoisotopic (exact) mass is 325 g/mol. The van der Waals surface area contributed by atoms with Gasteiger partial charge in [-0.15, -0.1) is 0 Å². The molecule has 2 heterocycles. The lowest BCUT2D eigenvalue weighted by molar-refractivity contribution is -0.136. The molecule has 2 aromatic rings. The Morgan fingerprint density at radius 3 is 3.04 bits per heavy atom. The van der Waals surface area contributed by atoms with Crippen molar-refractivity contribution in [3.8, 4) is 5.75 Å². The van der Waals surface area contributed by atoms with E-state index in [-0.39, 0.29) is 11.8 Å². The largest absolute Gasteiger partial charge is 0.497 e. The van der Waals surface area contributed by atoms with Crippen molar-refractivity contribution in [2.75, 3.05) is 13.7 Å². The summed E-state index contributed by atoms with van der Waals surface area (Å²) in [4.78, 5) is 22.8. The summed E-state index contributed by atoms with van der Waals surface area (Å²) in [5.41, 5.74) is 4.84. The Morgan fingerprint density at radius 2 is 2.21 bits per heavy atom. The summed E-state index contributed by atoms with van der Waals surface area (Å²) < 4.78 is 5.30. The van der Waals surface area contributed by atoms with E-state index in [9.17, 15) is 4.79 Å². The Labute approximate surface area is 142 Å². The Bertz CT molecular complexity index is 781. The molecule has 2 aliphatic rings. The second-order valence-electron chi connectivity index (χ2n) is 6.83. The summed E-state index contributed by atoms with van der Waals surface area (Å²) in [6.07, 6.45) is 3.50. The number of H-pyrrole nitrogens is 1. The van der Waals surface area contributed by atoms with E-state index >= 15 is 0 Å². The van der Waals surface area contributed by atoms with Crippen molar-refractivity contribution in [1.29, 1.82) is 0 Å². The van der Waals surface area contributed by atoms with Crippen LogP contribution in [0.4, 0.5) is 0 Å². The van der Waals surface area contributed by atoms with E-state index in [1.807, 2.05) is 17.9 Å². The molecule has 1 aromatic carbocycles. The van der Waals surface area contributed by atoms with Gasteiger partial charge in [-0.2, -0.15) is 0 Å². The summed E-state index contributed by atoms with van der Waals surface area (Å²) >= 11 is 0. The molecule has 0 fully saturated rings. The zero-order valence-electron chi connectivity index (χ0n) is 14.3. The number of rotatable bonds is 2. The van der Waals surface area contributed by atoms with Crippen LogP contribution in [0.25, 0.3) is 0 Å². The molecule has 4 rings (SSSR count). The average molecular weight is 325 g/mol. The van der Waals surface area contributed by atoms with Gasteiger partial charge in [0.15, 0.2) is 0 Å². The fourth-order valence-electron chi connectivity index (χ4n) is 3.94. The van der Waals surface area contributed by atoms with Crippen LogP contribution >= 0.6 is 0 Å². The Morgan fingerprint density at radius 1 is 1.33 bits per heavy atom. The molecule has 0 unspecified atom stereocenters. The van der Waals surface area contributed by atoms with E-state index in [0.717, 1.165) is 55.2 Å². The molecule has 1 atom stereocenters. The predicted molar refractivity (Wildman–Crippen MR) is 91.0 cm³/mol. The molecule has 0 saturated heterocycles. The molecular formula is C19H23N3O2. The molecular weight excluding hydrogens is 302 g/mol. The molecule has 5 nitrogen and oxygen atoms in total.